The lowest BCUT2D eigenvalue weighted by atomic mass is 9.99. The van der Waals surface area contributed by atoms with Crippen LogP contribution in [0.15, 0.2) is 17.1 Å². The lowest BCUT2D eigenvalue weighted by Gasteiger charge is -2.09. The van der Waals surface area contributed by atoms with E-state index in [4.69, 9.17) is 0 Å². The molecule has 2 heteroatoms. The summed E-state index contributed by atoms with van der Waals surface area (Å²) in [6.45, 7) is 5.91. The van der Waals surface area contributed by atoms with Crippen molar-refractivity contribution in [3.05, 3.63) is 34.6 Å². The first-order valence-electron chi connectivity index (χ1n) is 5.28. The van der Waals surface area contributed by atoms with Gasteiger partial charge in [-0.05, 0) is 43.0 Å². The molecule has 0 unspecified atom stereocenters. The second kappa shape index (κ2) is 5.06. The Morgan fingerprint density at radius 2 is 2.00 bits per heavy atom. The Kier molecular flexibility index (Phi) is 4.01. The van der Waals surface area contributed by atoms with E-state index in [0.29, 0.717) is 6.42 Å². The van der Waals surface area contributed by atoms with Crippen LogP contribution in [0.4, 0.5) is 4.39 Å². The largest absolute Gasteiger partial charge is 0.297 e. The molecule has 0 bridgehead atoms. The number of nitrogens with zero attached hydrogens (tertiary/aromatic N) is 1. The van der Waals surface area contributed by atoms with Crippen molar-refractivity contribution < 1.29 is 4.39 Å². The molecule has 0 atom stereocenters. The standard InChI is InChI=1S/C13H18FN/c1-5-11(15-4)8-12-10(3)6-9(2)7-13(12)14/h6-7H,5,8H2,1-4H3/b15-11+. The van der Waals surface area contributed by atoms with Crippen LogP contribution in [0.1, 0.15) is 30.0 Å². The predicted molar refractivity (Wildman–Crippen MR) is 63.2 cm³/mol. The highest BCUT2D eigenvalue weighted by molar-refractivity contribution is 5.86. The van der Waals surface area contributed by atoms with Crippen molar-refractivity contribution in [3.63, 3.8) is 0 Å². The van der Waals surface area contributed by atoms with Gasteiger partial charge >= 0.3 is 0 Å². The maximum Gasteiger partial charge on any atom is 0.127 e. The van der Waals surface area contributed by atoms with Crippen LogP contribution in [0.25, 0.3) is 0 Å². The minimum atomic E-state index is -0.109. The van der Waals surface area contributed by atoms with Gasteiger partial charge in [-0.25, -0.2) is 4.39 Å². The van der Waals surface area contributed by atoms with Crippen molar-refractivity contribution in [2.75, 3.05) is 7.05 Å². The van der Waals surface area contributed by atoms with E-state index in [1.54, 1.807) is 13.1 Å². The first-order chi connectivity index (χ1) is 7.08. The van der Waals surface area contributed by atoms with Crippen LogP contribution in [0.3, 0.4) is 0 Å². The first kappa shape index (κ1) is 11.9. The van der Waals surface area contributed by atoms with Gasteiger partial charge in [0.25, 0.3) is 0 Å². The van der Waals surface area contributed by atoms with Gasteiger partial charge < -0.3 is 0 Å². The summed E-state index contributed by atoms with van der Waals surface area (Å²) in [5.74, 6) is -0.109. The Morgan fingerprint density at radius 1 is 1.33 bits per heavy atom. The van der Waals surface area contributed by atoms with Crippen molar-refractivity contribution in [2.24, 2.45) is 4.99 Å². The number of rotatable bonds is 3. The summed E-state index contributed by atoms with van der Waals surface area (Å²) in [5.41, 5.74) is 3.81. The van der Waals surface area contributed by atoms with E-state index >= 15 is 0 Å². The highest BCUT2D eigenvalue weighted by Gasteiger charge is 2.08. The SMILES string of the molecule is CC/C(Cc1c(C)cc(C)cc1F)=N\C. The zero-order valence-electron chi connectivity index (χ0n) is 9.89. The van der Waals surface area contributed by atoms with Crippen molar-refractivity contribution in [1.29, 1.82) is 0 Å². The van der Waals surface area contributed by atoms with Gasteiger partial charge in [-0.2, -0.15) is 0 Å². The lowest BCUT2D eigenvalue weighted by Crippen LogP contribution is -2.05. The molecule has 0 radical (unpaired) electrons. The van der Waals surface area contributed by atoms with E-state index < -0.39 is 0 Å². The van der Waals surface area contributed by atoms with E-state index in [1.165, 1.54) is 0 Å². The molecule has 0 aliphatic carbocycles. The number of hydrogen-bond acceptors (Lipinski definition) is 1. The zero-order valence-corrected chi connectivity index (χ0v) is 9.89. The molecule has 0 aliphatic rings. The maximum absolute atomic E-state index is 13.7. The Labute approximate surface area is 91.0 Å². The van der Waals surface area contributed by atoms with Gasteiger partial charge in [0.15, 0.2) is 0 Å². The third kappa shape index (κ3) is 2.88. The lowest BCUT2D eigenvalue weighted by molar-refractivity contribution is 0.612. The van der Waals surface area contributed by atoms with Crippen molar-refractivity contribution in [3.8, 4) is 0 Å². The van der Waals surface area contributed by atoms with Gasteiger partial charge in [-0.3, -0.25) is 4.99 Å². The normalized spacial score (nSPS) is 11.9. The molecular weight excluding hydrogens is 189 g/mol. The molecule has 0 N–H and O–H groups in total. The van der Waals surface area contributed by atoms with Gasteiger partial charge in [-0.1, -0.05) is 13.0 Å². The van der Waals surface area contributed by atoms with Gasteiger partial charge in [0.1, 0.15) is 5.82 Å². The molecule has 0 saturated heterocycles. The van der Waals surface area contributed by atoms with Gasteiger partial charge in [-0.15, -0.1) is 0 Å². The van der Waals surface area contributed by atoms with Crippen molar-refractivity contribution in [1.82, 2.24) is 0 Å². The van der Waals surface area contributed by atoms with E-state index in [-0.39, 0.29) is 5.82 Å². The average molecular weight is 207 g/mol. The summed E-state index contributed by atoms with van der Waals surface area (Å²) in [5, 5.41) is 0. The van der Waals surface area contributed by atoms with Crippen LogP contribution in [-0.2, 0) is 6.42 Å². The number of aryl methyl sites for hydroxylation is 2. The number of halogens is 1. The molecule has 1 rings (SSSR count). The highest BCUT2D eigenvalue weighted by Crippen LogP contribution is 2.17. The van der Waals surface area contributed by atoms with Gasteiger partial charge in [0, 0.05) is 19.2 Å². The van der Waals surface area contributed by atoms with Crippen LogP contribution in [0, 0.1) is 19.7 Å². The van der Waals surface area contributed by atoms with E-state index in [1.807, 2.05) is 26.8 Å². The highest BCUT2D eigenvalue weighted by atomic mass is 19.1. The third-order valence-corrected chi connectivity index (χ3v) is 2.67. The maximum atomic E-state index is 13.7. The molecule has 0 amide bonds. The van der Waals surface area contributed by atoms with Crippen molar-refractivity contribution >= 4 is 5.71 Å². The third-order valence-electron chi connectivity index (χ3n) is 2.67. The Hall–Kier alpha value is -1.18. The molecule has 0 aliphatic heterocycles. The zero-order chi connectivity index (χ0) is 11.4. The molecule has 0 saturated carbocycles. The monoisotopic (exact) mass is 207 g/mol. The van der Waals surface area contributed by atoms with Crippen molar-refractivity contribution in [2.45, 2.75) is 33.6 Å². The fourth-order valence-corrected chi connectivity index (χ4v) is 1.74. The average Bonchev–Trinajstić information content (AvgIpc) is 2.17. The minimum Gasteiger partial charge on any atom is -0.297 e. The molecule has 0 spiro atoms. The smallest absolute Gasteiger partial charge is 0.127 e. The fraction of sp³-hybridized carbons (Fsp3) is 0.462. The topological polar surface area (TPSA) is 12.4 Å². The summed E-state index contributed by atoms with van der Waals surface area (Å²) >= 11 is 0. The van der Waals surface area contributed by atoms with E-state index in [2.05, 4.69) is 4.99 Å². The molecular formula is C13H18FN. The Bertz CT molecular complexity index is 357. The van der Waals surface area contributed by atoms with Gasteiger partial charge in [0.2, 0.25) is 0 Å². The van der Waals surface area contributed by atoms with Crippen LogP contribution in [0.2, 0.25) is 0 Å². The van der Waals surface area contributed by atoms with E-state index in [9.17, 15) is 4.39 Å². The Balaban J connectivity index is 3.05. The molecule has 1 aromatic carbocycles. The summed E-state index contributed by atoms with van der Waals surface area (Å²) in [7, 11) is 1.76. The second-order valence-corrected chi connectivity index (χ2v) is 3.86. The van der Waals surface area contributed by atoms with Gasteiger partial charge in [0.05, 0.1) is 0 Å². The van der Waals surface area contributed by atoms with Crippen LogP contribution in [-0.4, -0.2) is 12.8 Å². The molecule has 1 aromatic rings. The molecule has 1 nitrogen and oxygen atoms in total. The summed E-state index contributed by atoms with van der Waals surface area (Å²) in [4.78, 5) is 4.16. The molecule has 82 valence electrons. The fourth-order valence-electron chi connectivity index (χ4n) is 1.74. The minimum absolute atomic E-state index is 0.109. The number of benzene rings is 1. The summed E-state index contributed by atoms with van der Waals surface area (Å²) < 4.78 is 13.7. The number of aliphatic imine (C=N–C) groups is 1. The number of hydrogen-bond donors (Lipinski definition) is 0. The molecule has 0 aromatic heterocycles. The van der Waals surface area contributed by atoms with Crippen LogP contribution < -0.4 is 0 Å². The first-order valence-corrected chi connectivity index (χ1v) is 5.28. The molecule has 0 heterocycles. The Morgan fingerprint density at radius 3 is 2.47 bits per heavy atom. The predicted octanol–water partition coefficient (Wildman–Crippen LogP) is 3.47. The van der Waals surface area contributed by atoms with Crippen LogP contribution in [0.5, 0.6) is 0 Å². The van der Waals surface area contributed by atoms with E-state index in [0.717, 1.165) is 28.8 Å². The second-order valence-electron chi connectivity index (χ2n) is 3.86. The quantitative estimate of drug-likeness (QED) is 0.673. The van der Waals surface area contributed by atoms with Crippen LogP contribution >= 0.6 is 0 Å². The summed E-state index contributed by atoms with van der Waals surface area (Å²) in [6, 6.07) is 3.60. The molecule has 0 fully saturated rings. The summed E-state index contributed by atoms with van der Waals surface area (Å²) in [6.07, 6.45) is 1.51. The molecule has 15 heavy (non-hydrogen) atoms.